The van der Waals surface area contributed by atoms with E-state index in [0.29, 0.717) is 6.54 Å². The Balaban J connectivity index is 1.87. The van der Waals surface area contributed by atoms with E-state index in [2.05, 4.69) is 17.1 Å². The monoisotopic (exact) mass is 289 g/mol. The summed E-state index contributed by atoms with van der Waals surface area (Å²) in [6.45, 7) is 6.83. The molecule has 1 aliphatic rings. The number of rotatable bonds is 5. The summed E-state index contributed by atoms with van der Waals surface area (Å²) in [6.07, 6.45) is 3.67. The van der Waals surface area contributed by atoms with Crippen LogP contribution in [0.15, 0.2) is 24.3 Å². The second kappa shape index (κ2) is 7.57. The predicted octanol–water partition coefficient (Wildman–Crippen LogP) is 2.59. The topological polar surface area (TPSA) is 58.4 Å². The van der Waals surface area contributed by atoms with Crippen LogP contribution in [0.4, 0.5) is 5.69 Å². The summed E-state index contributed by atoms with van der Waals surface area (Å²) in [5.74, 6) is 0.908. The van der Waals surface area contributed by atoms with Crippen LogP contribution in [0.2, 0.25) is 0 Å². The number of hydrogen-bond donors (Lipinski definition) is 2. The molecular weight excluding hydrogens is 262 g/mol. The molecule has 4 heteroatoms. The van der Waals surface area contributed by atoms with Crippen LogP contribution in [0.5, 0.6) is 0 Å². The van der Waals surface area contributed by atoms with Crippen LogP contribution in [0.25, 0.3) is 0 Å². The van der Waals surface area contributed by atoms with Crippen molar-refractivity contribution in [2.75, 3.05) is 18.4 Å². The first kappa shape index (κ1) is 16.0. The van der Waals surface area contributed by atoms with Crippen molar-refractivity contribution in [3.8, 4) is 0 Å². The van der Waals surface area contributed by atoms with Crippen LogP contribution in [0.3, 0.4) is 0 Å². The molecular formula is C17H27N3O. The van der Waals surface area contributed by atoms with Gasteiger partial charge in [0.1, 0.15) is 0 Å². The fourth-order valence-corrected chi connectivity index (χ4v) is 2.89. The van der Waals surface area contributed by atoms with Crippen LogP contribution < -0.4 is 11.1 Å². The molecule has 21 heavy (non-hydrogen) atoms. The Bertz CT molecular complexity index is 450. The number of likely N-dealkylation sites (tertiary alicyclic amines) is 1. The first-order chi connectivity index (χ1) is 10.1. The average Bonchev–Trinajstić information content (AvgIpc) is 2.55. The van der Waals surface area contributed by atoms with E-state index < -0.39 is 0 Å². The largest absolute Gasteiger partial charge is 0.326 e. The molecule has 0 spiro atoms. The summed E-state index contributed by atoms with van der Waals surface area (Å²) < 4.78 is 0. The zero-order chi connectivity index (χ0) is 15.2. The number of carbonyl (C=O) groups excluding carboxylic acids is 1. The Kier molecular flexibility index (Phi) is 5.76. The average molecular weight is 289 g/mol. The fraction of sp³-hybridized carbons (Fsp3) is 0.588. The molecule has 0 aromatic heterocycles. The van der Waals surface area contributed by atoms with Crippen molar-refractivity contribution in [3.05, 3.63) is 29.8 Å². The van der Waals surface area contributed by atoms with E-state index in [9.17, 15) is 4.79 Å². The maximum absolute atomic E-state index is 12.3. The molecule has 0 radical (unpaired) electrons. The van der Waals surface area contributed by atoms with Crippen LogP contribution >= 0.6 is 0 Å². The fourth-order valence-electron chi connectivity index (χ4n) is 2.89. The second-order valence-electron chi connectivity index (χ2n) is 5.95. The van der Waals surface area contributed by atoms with Crippen LogP contribution in [-0.2, 0) is 11.3 Å². The van der Waals surface area contributed by atoms with Gasteiger partial charge < -0.3 is 11.1 Å². The third kappa shape index (κ3) is 4.29. The number of anilines is 1. The van der Waals surface area contributed by atoms with Crippen molar-refractivity contribution in [1.82, 2.24) is 4.90 Å². The van der Waals surface area contributed by atoms with Gasteiger partial charge in [-0.1, -0.05) is 25.5 Å². The molecule has 1 unspecified atom stereocenters. The third-order valence-electron chi connectivity index (χ3n) is 4.61. The lowest BCUT2D eigenvalue weighted by Crippen LogP contribution is -2.46. The number of nitrogens with two attached hydrogens (primary N) is 1. The van der Waals surface area contributed by atoms with Gasteiger partial charge in [0.15, 0.2) is 0 Å². The minimum Gasteiger partial charge on any atom is -0.326 e. The highest BCUT2D eigenvalue weighted by Gasteiger charge is 2.25. The lowest BCUT2D eigenvalue weighted by atomic mass is 9.93. The van der Waals surface area contributed by atoms with Crippen LogP contribution in [0, 0.1) is 5.92 Å². The Morgan fingerprint density at radius 2 is 1.95 bits per heavy atom. The molecule has 1 aromatic rings. The lowest BCUT2D eigenvalue weighted by molar-refractivity contribution is -0.121. The van der Waals surface area contributed by atoms with Gasteiger partial charge in [-0.3, -0.25) is 9.69 Å². The lowest BCUT2D eigenvalue weighted by Gasteiger charge is -2.35. The molecule has 1 atom stereocenters. The summed E-state index contributed by atoms with van der Waals surface area (Å²) in [7, 11) is 0. The third-order valence-corrected chi connectivity index (χ3v) is 4.61. The van der Waals surface area contributed by atoms with Gasteiger partial charge in [0.2, 0.25) is 5.91 Å². The second-order valence-corrected chi connectivity index (χ2v) is 5.95. The van der Waals surface area contributed by atoms with Crippen LogP contribution in [0.1, 0.15) is 38.7 Å². The van der Waals surface area contributed by atoms with Crippen molar-refractivity contribution in [2.24, 2.45) is 11.7 Å². The SMILES string of the molecule is CCC1CCN(C(C)C(=O)Nc2ccc(CN)cc2)CC1. The van der Waals surface area contributed by atoms with Gasteiger partial charge in [0.25, 0.3) is 0 Å². The Labute approximate surface area is 127 Å². The maximum atomic E-state index is 12.3. The molecule has 4 nitrogen and oxygen atoms in total. The molecule has 1 aliphatic heterocycles. The summed E-state index contributed by atoms with van der Waals surface area (Å²) in [5.41, 5.74) is 7.49. The molecule has 2 rings (SSSR count). The maximum Gasteiger partial charge on any atom is 0.241 e. The molecule has 1 amide bonds. The van der Waals surface area contributed by atoms with E-state index >= 15 is 0 Å². The highest BCUT2D eigenvalue weighted by molar-refractivity contribution is 5.94. The summed E-state index contributed by atoms with van der Waals surface area (Å²) >= 11 is 0. The van der Waals surface area contributed by atoms with Crippen molar-refractivity contribution >= 4 is 11.6 Å². The predicted molar refractivity (Wildman–Crippen MR) is 87.0 cm³/mol. The minimum atomic E-state index is -0.0722. The Hall–Kier alpha value is -1.39. The quantitative estimate of drug-likeness (QED) is 0.876. The van der Waals surface area contributed by atoms with Gasteiger partial charge in [-0.05, 0) is 56.5 Å². The van der Waals surface area contributed by atoms with Gasteiger partial charge in [0, 0.05) is 12.2 Å². The van der Waals surface area contributed by atoms with Crippen molar-refractivity contribution < 1.29 is 4.79 Å². The van der Waals surface area contributed by atoms with E-state index in [4.69, 9.17) is 5.73 Å². The molecule has 0 saturated carbocycles. The van der Waals surface area contributed by atoms with Gasteiger partial charge in [-0.15, -0.1) is 0 Å². The summed E-state index contributed by atoms with van der Waals surface area (Å²) in [6, 6.07) is 7.66. The zero-order valence-corrected chi connectivity index (χ0v) is 13.1. The first-order valence-electron chi connectivity index (χ1n) is 7.98. The Morgan fingerprint density at radius 1 is 1.33 bits per heavy atom. The summed E-state index contributed by atoms with van der Waals surface area (Å²) in [5, 5.41) is 2.99. The smallest absolute Gasteiger partial charge is 0.241 e. The molecule has 0 bridgehead atoms. The zero-order valence-electron chi connectivity index (χ0n) is 13.1. The number of carbonyl (C=O) groups is 1. The number of amides is 1. The van der Waals surface area contributed by atoms with Crippen LogP contribution in [-0.4, -0.2) is 29.9 Å². The van der Waals surface area contributed by atoms with E-state index in [1.807, 2.05) is 31.2 Å². The first-order valence-corrected chi connectivity index (χ1v) is 7.98. The number of benzene rings is 1. The standard InChI is InChI=1S/C17H27N3O/c1-3-14-8-10-20(11-9-14)13(2)17(21)19-16-6-4-15(12-18)5-7-16/h4-7,13-14H,3,8-12,18H2,1-2H3,(H,19,21). The Morgan fingerprint density at radius 3 is 2.48 bits per heavy atom. The molecule has 1 heterocycles. The van der Waals surface area contributed by atoms with E-state index in [0.717, 1.165) is 30.3 Å². The summed E-state index contributed by atoms with van der Waals surface area (Å²) in [4.78, 5) is 14.6. The molecule has 116 valence electrons. The molecule has 1 fully saturated rings. The number of hydrogen-bond acceptors (Lipinski definition) is 3. The van der Waals surface area contributed by atoms with Crippen molar-refractivity contribution in [3.63, 3.8) is 0 Å². The molecule has 3 N–H and O–H groups in total. The minimum absolute atomic E-state index is 0.0722. The molecule has 1 aromatic carbocycles. The normalized spacial score (nSPS) is 18.4. The van der Waals surface area contributed by atoms with E-state index in [1.165, 1.54) is 19.3 Å². The van der Waals surface area contributed by atoms with Gasteiger partial charge >= 0.3 is 0 Å². The van der Waals surface area contributed by atoms with Crippen molar-refractivity contribution in [2.45, 2.75) is 45.7 Å². The molecule has 1 saturated heterocycles. The highest BCUT2D eigenvalue weighted by Crippen LogP contribution is 2.22. The number of nitrogens with one attached hydrogen (secondary N) is 1. The van der Waals surface area contributed by atoms with Gasteiger partial charge in [-0.2, -0.15) is 0 Å². The number of nitrogens with zero attached hydrogens (tertiary/aromatic N) is 1. The van der Waals surface area contributed by atoms with E-state index in [1.54, 1.807) is 0 Å². The van der Waals surface area contributed by atoms with Crippen molar-refractivity contribution in [1.29, 1.82) is 0 Å². The molecule has 0 aliphatic carbocycles. The highest BCUT2D eigenvalue weighted by atomic mass is 16.2. The van der Waals surface area contributed by atoms with Gasteiger partial charge in [0.05, 0.1) is 6.04 Å². The van der Waals surface area contributed by atoms with Gasteiger partial charge in [-0.25, -0.2) is 0 Å². The van der Waals surface area contributed by atoms with E-state index in [-0.39, 0.29) is 11.9 Å². The number of piperidine rings is 1.